The molecule has 1 aromatic heterocycles. The summed E-state index contributed by atoms with van der Waals surface area (Å²) in [5, 5.41) is 0. The molecule has 6 heteroatoms. The number of aryl methyl sites for hydroxylation is 1. The van der Waals surface area contributed by atoms with Crippen LogP contribution in [-0.4, -0.2) is 49.1 Å². The number of rotatable bonds is 9. The minimum atomic E-state index is -0.228. The molecule has 0 aromatic carbocycles. The van der Waals surface area contributed by atoms with E-state index in [9.17, 15) is 4.79 Å². The molecule has 0 fully saturated rings. The number of hydrogen-bond donors (Lipinski definition) is 0. The van der Waals surface area contributed by atoms with Gasteiger partial charge in [0.2, 0.25) is 0 Å². The molecule has 0 radical (unpaired) electrons. The fourth-order valence-electron chi connectivity index (χ4n) is 1.17. The molecule has 0 amide bonds. The molecule has 0 saturated heterocycles. The number of esters is 1. The van der Waals surface area contributed by atoms with Crippen LogP contribution in [0.4, 0.5) is 0 Å². The number of hydrogen-bond acceptors (Lipinski definition) is 5. The largest absolute Gasteiger partial charge is 0.463 e. The number of methoxy groups -OCH3 is 1. The van der Waals surface area contributed by atoms with Gasteiger partial charge in [-0.2, -0.15) is 0 Å². The van der Waals surface area contributed by atoms with Crippen molar-refractivity contribution in [2.75, 3.05) is 33.5 Å². The predicted octanol–water partition coefficient (Wildman–Crippen LogP) is 0.479. The van der Waals surface area contributed by atoms with Gasteiger partial charge < -0.3 is 18.8 Å². The first-order valence-electron chi connectivity index (χ1n) is 5.51. The molecule has 0 atom stereocenters. The number of imidazole rings is 1. The molecule has 0 aliphatic rings. The summed E-state index contributed by atoms with van der Waals surface area (Å²) in [5.41, 5.74) is 0. The Hall–Kier alpha value is -1.40. The molecule has 6 nitrogen and oxygen atoms in total. The van der Waals surface area contributed by atoms with Crippen LogP contribution in [0.15, 0.2) is 18.7 Å². The second-order valence-electron chi connectivity index (χ2n) is 3.38. The van der Waals surface area contributed by atoms with Crippen molar-refractivity contribution in [3.8, 4) is 0 Å². The predicted molar refractivity (Wildman–Crippen MR) is 60.5 cm³/mol. The lowest BCUT2D eigenvalue weighted by Crippen LogP contribution is -2.13. The SMILES string of the molecule is COCCOCCOC(=O)CCn1ccnc1. The van der Waals surface area contributed by atoms with Crippen LogP contribution in [0, 0.1) is 0 Å². The fraction of sp³-hybridized carbons (Fsp3) is 0.636. The van der Waals surface area contributed by atoms with Gasteiger partial charge in [0.1, 0.15) is 6.61 Å². The fourth-order valence-corrected chi connectivity index (χ4v) is 1.17. The van der Waals surface area contributed by atoms with Crippen LogP contribution in [-0.2, 0) is 25.5 Å². The Kier molecular flexibility index (Phi) is 7.01. The first-order chi connectivity index (χ1) is 8.33. The highest BCUT2D eigenvalue weighted by Gasteiger charge is 2.02. The second-order valence-corrected chi connectivity index (χ2v) is 3.38. The van der Waals surface area contributed by atoms with Crippen LogP contribution in [0.2, 0.25) is 0 Å². The normalized spacial score (nSPS) is 10.4. The summed E-state index contributed by atoms with van der Waals surface area (Å²) < 4.78 is 16.8. The van der Waals surface area contributed by atoms with Gasteiger partial charge in [-0.05, 0) is 0 Å². The third kappa shape index (κ3) is 6.70. The van der Waals surface area contributed by atoms with Crippen molar-refractivity contribution in [2.45, 2.75) is 13.0 Å². The van der Waals surface area contributed by atoms with Gasteiger partial charge in [0.05, 0.1) is 32.6 Å². The Bertz CT molecular complexity index is 300. The lowest BCUT2D eigenvalue weighted by molar-refractivity contribution is -0.145. The molecule has 0 saturated carbocycles. The minimum absolute atomic E-state index is 0.228. The molecule has 0 spiro atoms. The Balaban J connectivity index is 1.94. The summed E-state index contributed by atoms with van der Waals surface area (Å²) in [6.07, 6.45) is 5.49. The number of carbonyl (C=O) groups excluding carboxylic acids is 1. The maximum atomic E-state index is 11.3. The molecular weight excluding hydrogens is 224 g/mol. The second kappa shape index (κ2) is 8.72. The third-order valence-corrected chi connectivity index (χ3v) is 2.06. The van der Waals surface area contributed by atoms with Gasteiger partial charge in [0.15, 0.2) is 0 Å². The van der Waals surface area contributed by atoms with Crippen LogP contribution in [0.5, 0.6) is 0 Å². The number of ether oxygens (including phenoxy) is 3. The van der Waals surface area contributed by atoms with E-state index < -0.39 is 0 Å². The highest BCUT2D eigenvalue weighted by atomic mass is 16.6. The third-order valence-electron chi connectivity index (χ3n) is 2.06. The summed E-state index contributed by atoms with van der Waals surface area (Å²) in [7, 11) is 1.61. The van der Waals surface area contributed by atoms with Gasteiger partial charge in [0.25, 0.3) is 0 Å². The van der Waals surface area contributed by atoms with Crippen molar-refractivity contribution < 1.29 is 19.0 Å². The van der Waals surface area contributed by atoms with Crippen molar-refractivity contribution >= 4 is 5.97 Å². The zero-order valence-electron chi connectivity index (χ0n) is 10.0. The zero-order chi connectivity index (χ0) is 12.3. The highest BCUT2D eigenvalue weighted by Crippen LogP contribution is 1.93. The standard InChI is InChI=1S/C11H18N2O4/c1-15-6-7-16-8-9-17-11(14)2-4-13-5-3-12-10-13/h3,5,10H,2,4,6-9H2,1H3. The molecule has 17 heavy (non-hydrogen) atoms. The zero-order valence-corrected chi connectivity index (χ0v) is 10.0. The summed E-state index contributed by atoms with van der Waals surface area (Å²) in [6.45, 7) is 2.34. The molecule has 0 aliphatic heterocycles. The van der Waals surface area contributed by atoms with Crippen molar-refractivity contribution in [1.82, 2.24) is 9.55 Å². The Morgan fingerprint density at radius 1 is 1.29 bits per heavy atom. The number of carbonyl (C=O) groups is 1. The topological polar surface area (TPSA) is 62.6 Å². The van der Waals surface area contributed by atoms with Gasteiger partial charge in [-0.25, -0.2) is 4.98 Å². The van der Waals surface area contributed by atoms with E-state index in [-0.39, 0.29) is 12.6 Å². The van der Waals surface area contributed by atoms with Gasteiger partial charge in [-0.3, -0.25) is 4.79 Å². The molecule has 1 rings (SSSR count). The maximum Gasteiger partial charge on any atom is 0.307 e. The lowest BCUT2D eigenvalue weighted by Gasteiger charge is -2.06. The van der Waals surface area contributed by atoms with E-state index in [1.165, 1.54) is 0 Å². The molecule has 0 aliphatic carbocycles. The first-order valence-corrected chi connectivity index (χ1v) is 5.51. The lowest BCUT2D eigenvalue weighted by atomic mass is 10.4. The molecule has 0 bridgehead atoms. The van der Waals surface area contributed by atoms with E-state index in [1.807, 2.05) is 4.57 Å². The Morgan fingerprint density at radius 2 is 2.12 bits per heavy atom. The van der Waals surface area contributed by atoms with E-state index in [4.69, 9.17) is 14.2 Å². The summed E-state index contributed by atoms with van der Waals surface area (Å²) in [6, 6.07) is 0. The van der Waals surface area contributed by atoms with Crippen molar-refractivity contribution in [3.63, 3.8) is 0 Å². The van der Waals surface area contributed by atoms with Crippen molar-refractivity contribution in [3.05, 3.63) is 18.7 Å². The molecular formula is C11H18N2O4. The molecule has 1 heterocycles. The Morgan fingerprint density at radius 3 is 2.82 bits per heavy atom. The Labute approximate surface area is 100 Å². The van der Waals surface area contributed by atoms with E-state index >= 15 is 0 Å². The minimum Gasteiger partial charge on any atom is -0.463 e. The van der Waals surface area contributed by atoms with Crippen LogP contribution < -0.4 is 0 Å². The quantitative estimate of drug-likeness (QED) is 0.465. The van der Waals surface area contributed by atoms with Gasteiger partial charge >= 0.3 is 5.97 Å². The molecule has 96 valence electrons. The number of nitrogens with zero attached hydrogens (tertiary/aromatic N) is 2. The van der Waals surface area contributed by atoms with Crippen LogP contribution in [0.1, 0.15) is 6.42 Å². The van der Waals surface area contributed by atoms with Gasteiger partial charge in [-0.1, -0.05) is 0 Å². The van der Waals surface area contributed by atoms with E-state index in [0.29, 0.717) is 32.8 Å². The van der Waals surface area contributed by atoms with Crippen LogP contribution in [0.3, 0.4) is 0 Å². The first kappa shape index (κ1) is 13.7. The average molecular weight is 242 g/mol. The average Bonchev–Trinajstić information content (AvgIpc) is 2.84. The summed E-state index contributed by atoms with van der Waals surface area (Å²) in [5.74, 6) is -0.228. The highest BCUT2D eigenvalue weighted by molar-refractivity contribution is 5.69. The summed E-state index contributed by atoms with van der Waals surface area (Å²) >= 11 is 0. The van der Waals surface area contributed by atoms with Gasteiger partial charge in [0, 0.05) is 26.0 Å². The smallest absolute Gasteiger partial charge is 0.307 e. The summed E-state index contributed by atoms with van der Waals surface area (Å²) in [4.78, 5) is 15.2. The molecule has 1 aromatic rings. The van der Waals surface area contributed by atoms with E-state index in [0.717, 1.165) is 0 Å². The molecule has 0 unspecified atom stereocenters. The number of aromatic nitrogens is 2. The van der Waals surface area contributed by atoms with Crippen molar-refractivity contribution in [2.24, 2.45) is 0 Å². The maximum absolute atomic E-state index is 11.3. The van der Waals surface area contributed by atoms with Crippen LogP contribution >= 0.6 is 0 Å². The van der Waals surface area contributed by atoms with E-state index in [2.05, 4.69) is 4.98 Å². The molecule has 0 N–H and O–H groups in total. The van der Waals surface area contributed by atoms with Crippen molar-refractivity contribution in [1.29, 1.82) is 0 Å². The monoisotopic (exact) mass is 242 g/mol. The van der Waals surface area contributed by atoms with E-state index in [1.54, 1.807) is 25.8 Å². The van der Waals surface area contributed by atoms with Gasteiger partial charge in [-0.15, -0.1) is 0 Å². The van der Waals surface area contributed by atoms with Crippen LogP contribution in [0.25, 0.3) is 0 Å².